The van der Waals surface area contributed by atoms with Crippen molar-refractivity contribution in [2.24, 2.45) is 0 Å². The van der Waals surface area contributed by atoms with E-state index < -0.39 is 15.9 Å². The molecule has 0 radical (unpaired) electrons. The van der Waals surface area contributed by atoms with Gasteiger partial charge in [0.25, 0.3) is 5.91 Å². The van der Waals surface area contributed by atoms with Crippen LogP contribution in [0.3, 0.4) is 0 Å². The van der Waals surface area contributed by atoms with Gasteiger partial charge in [0.1, 0.15) is 0 Å². The van der Waals surface area contributed by atoms with Crippen LogP contribution in [0.2, 0.25) is 0 Å². The van der Waals surface area contributed by atoms with Gasteiger partial charge in [-0.05, 0) is 67.6 Å². The number of hydrogen-bond acceptors (Lipinski definition) is 7. The maximum atomic E-state index is 12.7. The molecule has 4 rings (SSSR count). The van der Waals surface area contributed by atoms with E-state index in [1.807, 2.05) is 30.5 Å². The zero-order valence-electron chi connectivity index (χ0n) is 16.9. The molecule has 0 atom stereocenters. The fourth-order valence-electron chi connectivity index (χ4n) is 3.33. The topological polar surface area (TPSA) is 105 Å². The van der Waals surface area contributed by atoms with Gasteiger partial charge in [-0.15, -0.1) is 16.9 Å². The molecule has 3 aromatic rings. The van der Waals surface area contributed by atoms with Crippen molar-refractivity contribution in [1.82, 2.24) is 14.5 Å². The monoisotopic (exact) mass is 458 g/mol. The van der Waals surface area contributed by atoms with Crippen molar-refractivity contribution in [2.45, 2.75) is 29.1 Å². The molecule has 1 aliphatic heterocycles. The van der Waals surface area contributed by atoms with Gasteiger partial charge >= 0.3 is 6.01 Å². The Balaban J connectivity index is 1.43. The minimum Gasteiger partial charge on any atom is -0.403 e. The highest BCUT2D eigenvalue weighted by atomic mass is 32.2. The van der Waals surface area contributed by atoms with E-state index in [1.165, 1.54) is 28.6 Å². The van der Waals surface area contributed by atoms with Gasteiger partial charge in [0, 0.05) is 29.1 Å². The van der Waals surface area contributed by atoms with Crippen molar-refractivity contribution in [3.8, 4) is 11.5 Å². The SMILES string of the molecule is CSc1ccc(-c2nnc(NC(=O)c3ccc(S(=O)(=O)N4CCCCC4)cc3)o2)cc1. The fraction of sp³-hybridized carbons (Fsp3) is 0.286. The second kappa shape index (κ2) is 9.21. The molecule has 31 heavy (non-hydrogen) atoms. The first-order valence-electron chi connectivity index (χ1n) is 9.87. The Kier molecular flexibility index (Phi) is 6.40. The van der Waals surface area contributed by atoms with Gasteiger partial charge in [0.05, 0.1) is 4.90 Å². The average molecular weight is 459 g/mol. The van der Waals surface area contributed by atoms with Crippen LogP contribution < -0.4 is 5.32 Å². The highest BCUT2D eigenvalue weighted by Gasteiger charge is 2.26. The van der Waals surface area contributed by atoms with E-state index in [0.717, 1.165) is 29.7 Å². The number of nitrogens with zero attached hydrogens (tertiary/aromatic N) is 3. The Morgan fingerprint density at radius 1 is 1.00 bits per heavy atom. The van der Waals surface area contributed by atoms with Crippen LogP contribution in [0, 0.1) is 0 Å². The van der Waals surface area contributed by atoms with E-state index in [2.05, 4.69) is 15.5 Å². The molecule has 0 unspecified atom stereocenters. The quantitative estimate of drug-likeness (QED) is 0.559. The molecular formula is C21H22N4O4S2. The van der Waals surface area contributed by atoms with E-state index in [1.54, 1.807) is 11.8 Å². The molecular weight excluding hydrogens is 436 g/mol. The molecule has 0 bridgehead atoms. The highest BCUT2D eigenvalue weighted by Crippen LogP contribution is 2.24. The smallest absolute Gasteiger partial charge is 0.322 e. The Morgan fingerprint density at radius 3 is 2.32 bits per heavy atom. The molecule has 1 aromatic heterocycles. The summed E-state index contributed by atoms with van der Waals surface area (Å²) in [6.45, 7) is 1.06. The maximum absolute atomic E-state index is 12.7. The van der Waals surface area contributed by atoms with Gasteiger partial charge in [0.15, 0.2) is 0 Å². The number of carbonyl (C=O) groups is 1. The van der Waals surface area contributed by atoms with Gasteiger partial charge in [0.2, 0.25) is 15.9 Å². The third kappa shape index (κ3) is 4.81. The Bertz CT molecular complexity index is 1150. The van der Waals surface area contributed by atoms with Gasteiger partial charge in [-0.1, -0.05) is 11.5 Å². The molecule has 1 N–H and O–H groups in total. The van der Waals surface area contributed by atoms with Gasteiger partial charge in [-0.25, -0.2) is 8.42 Å². The molecule has 10 heteroatoms. The minimum absolute atomic E-state index is 0.0287. The number of carbonyl (C=O) groups excluding carboxylic acids is 1. The molecule has 0 spiro atoms. The molecule has 2 aromatic carbocycles. The number of rotatable bonds is 6. The first-order valence-corrected chi connectivity index (χ1v) is 12.5. The predicted molar refractivity (Wildman–Crippen MR) is 119 cm³/mol. The molecule has 1 aliphatic rings. The number of benzene rings is 2. The summed E-state index contributed by atoms with van der Waals surface area (Å²) in [5, 5.41) is 10.4. The molecule has 1 amide bonds. The molecule has 1 fully saturated rings. The highest BCUT2D eigenvalue weighted by molar-refractivity contribution is 7.98. The average Bonchev–Trinajstić information content (AvgIpc) is 3.28. The van der Waals surface area contributed by atoms with Crippen molar-refractivity contribution >= 4 is 33.7 Å². The fourth-order valence-corrected chi connectivity index (χ4v) is 5.25. The van der Waals surface area contributed by atoms with Crippen LogP contribution in [0.1, 0.15) is 29.6 Å². The van der Waals surface area contributed by atoms with Crippen molar-refractivity contribution in [1.29, 1.82) is 0 Å². The van der Waals surface area contributed by atoms with Gasteiger partial charge in [-0.3, -0.25) is 10.1 Å². The van der Waals surface area contributed by atoms with Crippen molar-refractivity contribution in [3.63, 3.8) is 0 Å². The van der Waals surface area contributed by atoms with E-state index in [4.69, 9.17) is 4.42 Å². The number of nitrogens with one attached hydrogen (secondary N) is 1. The lowest BCUT2D eigenvalue weighted by molar-refractivity contribution is 0.102. The van der Waals surface area contributed by atoms with Crippen LogP contribution in [0.4, 0.5) is 6.01 Å². The van der Waals surface area contributed by atoms with Crippen LogP contribution in [0.5, 0.6) is 0 Å². The lowest BCUT2D eigenvalue weighted by atomic mass is 10.2. The second-order valence-corrected chi connectivity index (χ2v) is 9.90. The third-order valence-electron chi connectivity index (χ3n) is 5.05. The minimum atomic E-state index is -3.54. The zero-order chi connectivity index (χ0) is 21.8. The normalized spacial score (nSPS) is 15.0. The molecule has 8 nitrogen and oxygen atoms in total. The summed E-state index contributed by atoms with van der Waals surface area (Å²) in [6.07, 6.45) is 4.78. The summed E-state index contributed by atoms with van der Waals surface area (Å²) >= 11 is 1.63. The summed E-state index contributed by atoms with van der Waals surface area (Å²) in [6, 6.07) is 13.5. The first-order chi connectivity index (χ1) is 15.0. The van der Waals surface area contributed by atoms with Crippen molar-refractivity contribution in [2.75, 3.05) is 24.7 Å². The Labute approximate surface area is 185 Å². The van der Waals surface area contributed by atoms with Crippen molar-refractivity contribution < 1.29 is 17.6 Å². The zero-order valence-corrected chi connectivity index (χ0v) is 18.6. The van der Waals surface area contributed by atoms with Crippen molar-refractivity contribution in [3.05, 3.63) is 54.1 Å². The summed E-state index contributed by atoms with van der Waals surface area (Å²) in [4.78, 5) is 13.8. The van der Waals surface area contributed by atoms with Crippen LogP contribution in [-0.2, 0) is 10.0 Å². The standard InChI is InChI=1S/C21H22N4O4S2/c1-30-17-9-5-16(6-10-17)20-23-24-21(29-20)22-19(26)15-7-11-18(12-8-15)31(27,28)25-13-3-2-4-14-25/h5-12H,2-4,13-14H2,1H3,(H,22,24,26). The van der Waals surface area contributed by atoms with Crippen LogP contribution in [0.15, 0.2) is 62.7 Å². The van der Waals surface area contributed by atoms with E-state index in [-0.39, 0.29) is 10.9 Å². The van der Waals surface area contributed by atoms with Gasteiger partial charge < -0.3 is 4.42 Å². The lowest BCUT2D eigenvalue weighted by Crippen LogP contribution is -2.35. The Hall–Kier alpha value is -2.69. The van der Waals surface area contributed by atoms with E-state index in [0.29, 0.717) is 24.5 Å². The third-order valence-corrected chi connectivity index (χ3v) is 7.71. The number of hydrogen-bond donors (Lipinski definition) is 1. The molecule has 2 heterocycles. The summed E-state index contributed by atoms with van der Waals surface area (Å²) in [5.74, 6) is -0.166. The van der Waals surface area contributed by atoms with E-state index >= 15 is 0 Å². The van der Waals surface area contributed by atoms with Crippen LogP contribution in [-0.4, -0.2) is 48.2 Å². The number of aromatic nitrogens is 2. The lowest BCUT2D eigenvalue weighted by Gasteiger charge is -2.25. The summed E-state index contributed by atoms with van der Waals surface area (Å²) < 4.78 is 32.5. The number of thioether (sulfide) groups is 1. The number of anilines is 1. The van der Waals surface area contributed by atoms with Gasteiger partial charge in [-0.2, -0.15) is 4.31 Å². The van der Waals surface area contributed by atoms with Crippen LogP contribution >= 0.6 is 11.8 Å². The molecule has 0 saturated carbocycles. The largest absolute Gasteiger partial charge is 0.403 e. The first kappa shape index (κ1) is 21.5. The molecule has 162 valence electrons. The number of sulfonamides is 1. The molecule has 1 saturated heterocycles. The number of amides is 1. The van der Waals surface area contributed by atoms with E-state index in [9.17, 15) is 13.2 Å². The number of piperidine rings is 1. The second-order valence-electron chi connectivity index (χ2n) is 7.08. The Morgan fingerprint density at radius 2 is 1.68 bits per heavy atom. The predicted octanol–water partition coefficient (Wildman–Crippen LogP) is 3.89. The molecule has 0 aliphatic carbocycles. The maximum Gasteiger partial charge on any atom is 0.322 e. The summed E-state index contributed by atoms with van der Waals surface area (Å²) in [5.41, 5.74) is 1.04. The summed E-state index contributed by atoms with van der Waals surface area (Å²) in [7, 11) is -3.54. The van der Waals surface area contributed by atoms with Crippen LogP contribution in [0.25, 0.3) is 11.5 Å².